The zero-order valence-corrected chi connectivity index (χ0v) is 12.0. The molecule has 1 amide bonds. The molecule has 0 radical (unpaired) electrons. The van der Waals surface area contributed by atoms with E-state index >= 15 is 0 Å². The Morgan fingerprint density at radius 1 is 1.47 bits per heavy atom. The van der Waals surface area contributed by atoms with Gasteiger partial charge in [0.1, 0.15) is 5.41 Å². The molecule has 0 aromatic carbocycles. The Labute approximate surface area is 113 Å². The lowest BCUT2D eigenvalue weighted by atomic mass is 9.80. The summed E-state index contributed by atoms with van der Waals surface area (Å²) in [5.41, 5.74) is 4.54. The van der Waals surface area contributed by atoms with Crippen molar-refractivity contribution >= 4 is 21.6 Å². The highest BCUT2D eigenvalue weighted by Crippen LogP contribution is 2.28. The second-order valence-electron chi connectivity index (χ2n) is 4.85. The molecule has 1 atom stereocenters. The third-order valence-electron chi connectivity index (χ3n) is 3.81. The van der Waals surface area contributed by atoms with E-state index in [4.69, 9.17) is 10.9 Å². The summed E-state index contributed by atoms with van der Waals surface area (Å²) in [6, 6.07) is -0.388. The molecule has 1 aliphatic rings. The number of nitrogens with zero attached hydrogens (tertiary/aromatic N) is 1. The predicted octanol–water partition coefficient (Wildman–Crippen LogP) is -0.157. The van der Waals surface area contributed by atoms with Crippen LogP contribution in [0.25, 0.3) is 0 Å². The van der Waals surface area contributed by atoms with E-state index in [2.05, 4.69) is 10.5 Å². The number of rotatable bonds is 5. The molecule has 19 heavy (non-hydrogen) atoms. The number of hydrogen-bond donors (Lipinski definition) is 3. The minimum Gasteiger partial charge on any atom is -0.409 e. The third kappa shape index (κ3) is 3.17. The third-order valence-corrected chi connectivity index (χ3v) is 5.58. The Balaban J connectivity index is 2.85. The zero-order valence-electron chi connectivity index (χ0n) is 11.2. The fraction of sp³-hybridized carbons (Fsp3) is 0.818. The van der Waals surface area contributed by atoms with Gasteiger partial charge in [0.2, 0.25) is 5.91 Å². The van der Waals surface area contributed by atoms with Crippen LogP contribution in [-0.4, -0.2) is 42.9 Å². The lowest BCUT2D eigenvalue weighted by Crippen LogP contribution is -2.52. The van der Waals surface area contributed by atoms with Gasteiger partial charge in [-0.3, -0.25) is 4.79 Å². The summed E-state index contributed by atoms with van der Waals surface area (Å²) < 4.78 is 22.7. The van der Waals surface area contributed by atoms with Crippen molar-refractivity contribution in [3.63, 3.8) is 0 Å². The average Bonchev–Trinajstić information content (AvgIpc) is 2.70. The molecule has 1 aliphatic heterocycles. The molecule has 0 aromatic rings. The van der Waals surface area contributed by atoms with Crippen molar-refractivity contribution in [1.29, 1.82) is 0 Å². The maximum Gasteiger partial charge on any atom is 0.234 e. The predicted molar refractivity (Wildman–Crippen MR) is 71.6 cm³/mol. The van der Waals surface area contributed by atoms with E-state index in [0.29, 0.717) is 19.3 Å². The molecular formula is C11H21N3O4S. The van der Waals surface area contributed by atoms with Crippen LogP contribution >= 0.6 is 0 Å². The standard InChI is InChI=1S/C11H21N3O4S/c1-3-11(4-2,9(12)14-16)10(15)13-8-5-6-19(17,18)7-8/h8,16H,3-7H2,1-2H3,(H2,12,14)(H,13,15). The Hall–Kier alpha value is -1.31. The van der Waals surface area contributed by atoms with Crippen LogP contribution in [0.1, 0.15) is 33.1 Å². The fourth-order valence-electron chi connectivity index (χ4n) is 2.38. The molecule has 0 aromatic heterocycles. The highest BCUT2D eigenvalue weighted by molar-refractivity contribution is 7.91. The quantitative estimate of drug-likeness (QED) is 0.281. The number of nitrogens with one attached hydrogen (secondary N) is 1. The van der Waals surface area contributed by atoms with E-state index in [1.165, 1.54) is 0 Å². The first-order valence-electron chi connectivity index (χ1n) is 6.30. The minimum absolute atomic E-state index is 0.0432. The van der Waals surface area contributed by atoms with Gasteiger partial charge in [-0.25, -0.2) is 8.42 Å². The van der Waals surface area contributed by atoms with Crippen LogP contribution in [0.5, 0.6) is 0 Å². The van der Waals surface area contributed by atoms with Gasteiger partial charge in [-0.15, -0.1) is 0 Å². The van der Waals surface area contributed by atoms with Crippen molar-refractivity contribution in [3.8, 4) is 0 Å². The molecule has 0 spiro atoms. The van der Waals surface area contributed by atoms with Crippen molar-refractivity contribution in [1.82, 2.24) is 5.32 Å². The van der Waals surface area contributed by atoms with Gasteiger partial charge in [-0.05, 0) is 19.3 Å². The summed E-state index contributed by atoms with van der Waals surface area (Å²) >= 11 is 0. The van der Waals surface area contributed by atoms with Crippen LogP contribution in [-0.2, 0) is 14.6 Å². The van der Waals surface area contributed by atoms with Gasteiger partial charge in [0, 0.05) is 6.04 Å². The molecule has 1 unspecified atom stereocenters. The molecule has 1 saturated heterocycles. The first-order valence-corrected chi connectivity index (χ1v) is 8.12. The summed E-state index contributed by atoms with van der Waals surface area (Å²) in [4.78, 5) is 12.3. The van der Waals surface area contributed by atoms with E-state index in [-0.39, 0.29) is 29.3 Å². The van der Waals surface area contributed by atoms with Gasteiger partial charge in [0.05, 0.1) is 11.5 Å². The van der Waals surface area contributed by atoms with Gasteiger partial charge < -0.3 is 16.3 Å². The summed E-state index contributed by atoms with van der Waals surface area (Å²) in [5, 5.41) is 14.5. The van der Waals surface area contributed by atoms with Crippen LogP contribution in [0, 0.1) is 5.41 Å². The Morgan fingerprint density at radius 3 is 2.42 bits per heavy atom. The fourth-order valence-corrected chi connectivity index (χ4v) is 4.05. The Kier molecular flexibility index (Phi) is 4.78. The van der Waals surface area contributed by atoms with E-state index in [9.17, 15) is 13.2 Å². The summed E-state index contributed by atoms with van der Waals surface area (Å²) in [7, 11) is -3.05. The number of nitrogens with two attached hydrogens (primary N) is 1. The second-order valence-corrected chi connectivity index (χ2v) is 7.08. The first kappa shape index (κ1) is 15.7. The van der Waals surface area contributed by atoms with E-state index in [1.54, 1.807) is 13.8 Å². The van der Waals surface area contributed by atoms with Crippen LogP contribution in [0.2, 0.25) is 0 Å². The maximum absolute atomic E-state index is 12.3. The van der Waals surface area contributed by atoms with E-state index < -0.39 is 15.3 Å². The number of oxime groups is 1. The summed E-state index contributed by atoms with van der Waals surface area (Å²) in [6.07, 6.45) is 1.17. The SMILES string of the molecule is CCC(CC)(C(=O)NC1CCS(=O)(=O)C1)C(N)=NO. The summed E-state index contributed by atoms with van der Waals surface area (Å²) in [6.45, 7) is 3.54. The van der Waals surface area contributed by atoms with Gasteiger partial charge >= 0.3 is 0 Å². The van der Waals surface area contributed by atoms with Gasteiger partial charge in [0.15, 0.2) is 15.7 Å². The largest absolute Gasteiger partial charge is 0.409 e. The average molecular weight is 291 g/mol. The van der Waals surface area contributed by atoms with Crippen LogP contribution < -0.4 is 11.1 Å². The Bertz CT molecular complexity index is 468. The smallest absolute Gasteiger partial charge is 0.234 e. The number of carbonyl (C=O) groups is 1. The lowest BCUT2D eigenvalue weighted by Gasteiger charge is -2.29. The molecule has 4 N–H and O–H groups in total. The Morgan fingerprint density at radius 2 is 2.05 bits per heavy atom. The van der Waals surface area contributed by atoms with Gasteiger partial charge in [0.25, 0.3) is 0 Å². The van der Waals surface area contributed by atoms with E-state index in [0.717, 1.165) is 0 Å². The van der Waals surface area contributed by atoms with Crippen molar-refractivity contribution in [2.45, 2.75) is 39.2 Å². The van der Waals surface area contributed by atoms with Crippen LogP contribution in [0.4, 0.5) is 0 Å². The highest BCUT2D eigenvalue weighted by atomic mass is 32.2. The molecule has 7 nitrogen and oxygen atoms in total. The second kappa shape index (κ2) is 5.77. The summed E-state index contributed by atoms with van der Waals surface area (Å²) in [5.74, 6) is -0.476. The van der Waals surface area contributed by atoms with E-state index in [1.807, 2.05) is 0 Å². The van der Waals surface area contributed by atoms with Crippen LogP contribution in [0.15, 0.2) is 5.16 Å². The minimum atomic E-state index is -3.05. The number of hydrogen-bond acceptors (Lipinski definition) is 5. The van der Waals surface area contributed by atoms with Crippen molar-refractivity contribution < 1.29 is 18.4 Å². The molecule has 1 fully saturated rings. The molecule has 8 heteroatoms. The molecule has 1 rings (SSSR count). The normalized spacial score (nSPS) is 23.3. The number of carbonyl (C=O) groups excluding carboxylic acids is 1. The molecule has 0 saturated carbocycles. The lowest BCUT2D eigenvalue weighted by molar-refractivity contribution is -0.128. The number of sulfone groups is 1. The van der Waals surface area contributed by atoms with Crippen molar-refractivity contribution in [3.05, 3.63) is 0 Å². The zero-order chi connectivity index (χ0) is 14.7. The molecule has 1 heterocycles. The molecule has 110 valence electrons. The molecule has 0 bridgehead atoms. The molecular weight excluding hydrogens is 270 g/mol. The monoisotopic (exact) mass is 291 g/mol. The van der Waals surface area contributed by atoms with Crippen LogP contribution in [0.3, 0.4) is 0 Å². The van der Waals surface area contributed by atoms with Gasteiger partial charge in [-0.2, -0.15) is 0 Å². The number of amides is 1. The maximum atomic E-state index is 12.3. The number of amidine groups is 1. The van der Waals surface area contributed by atoms with Crippen molar-refractivity contribution in [2.24, 2.45) is 16.3 Å². The van der Waals surface area contributed by atoms with Gasteiger partial charge in [-0.1, -0.05) is 19.0 Å². The first-order chi connectivity index (χ1) is 8.81. The molecule has 0 aliphatic carbocycles. The topological polar surface area (TPSA) is 122 Å². The highest BCUT2D eigenvalue weighted by Gasteiger charge is 2.41. The van der Waals surface area contributed by atoms with Crippen molar-refractivity contribution in [2.75, 3.05) is 11.5 Å².